The summed E-state index contributed by atoms with van der Waals surface area (Å²) in [4.78, 5) is 38.7. The topological polar surface area (TPSA) is 107 Å². The molecule has 13 heteroatoms. The number of carbonyl (C=O) groups excluding carboxylic acids is 2. The number of rotatable bonds is 7. The first kappa shape index (κ1) is 26.5. The Morgan fingerprint density at radius 3 is 2.62 bits per heavy atom. The molecule has 2 aromatic heterocycles. The van der Waals surface area contributed by atoms with E-state index in [0.717, 1.165) is 17.3 Å². The summed E-state index contributed by atoms with van der Waals surface area (Å²) in [5, 5.41) is 3.44. The van der Waals surface area contributed by atoms with Gasteiger partial charge in [0, 0.05) is 47.2 Å². The van der Waals surface area contributed by atoms with Gasteiger partial charge in [-0.2, -0.15) is 13.2 Å². The molecule has 1 aliphatic rings. The molecule has 0 radical (unpaired) electrons. The number of alkyl halides is 3. The maximum absolute atomic E-state index is 13.1. The molecule has 1 N–H and O–H groups in total. The minimum absolute atomic E-state index is 0.0262. The summed E-state index contributed by atoms with van der Waals surface area (Å²) in [5.74, 6) is -1.47. The molecule has 1 fully saturated rings. The zero-order valence-corrected chi connectivity index (χ0v) is 21.0. The van der Waals surface area contributed by atoms with Crippen molar-refractivity contribution in [3.8, 4) is 16.3 Å². The predicted octanol–water partition coefficient (Wildman–Crippen LogP) is 3.65. The van der Waals surface area contributed by atoms with Gasteiger partial charge in [-0.1, -0.05) is 0 Å². The van der Waals surface area contributed by atoms with Crippen LogP contribution in [-0.2, 0) is 15.7 Å². The number of likely N-dealkylation sites (N-methyl/N-ethyl adjacent to an activating group) is 1. The first-order chi connectivity index (χ1) is 17.5. The number of amides is 2. The van der Waals surface area contributed by atoms with Crippen molar-refractivity contribution in [1.82, 2.24) is 25.2 Å². The number of halogens is 3. The quantitative estimate of drug-likeness (QED) is 0.492. The first-order valence-electron chi connectivity index (χ1n) is 11.3. The second kappa shape index (κ2) is 10.8. The number of nitrogens with one attached hydrogen (secondary N) is 1. The zero-order chi connectivity index (χ0) is 26.7. The summed E-state index contributed by atoms with van der Waals surface area (Å²) in [7, 11) is 1.68. The third-order valence-corrected chi connectivity index (χ3v) is 6.69. The summed E-state index contributed by atoms with van der Waals surface area (Å²) < 4.78 is 49.5. The van der Waals surface area contributed by atoms with Crippen molar-refractivity contribution in [2.45, 2.75) is 32.1 Å². The molecular formula is C24H24F3N5O4S. The number of hydrogen-bond acceptors (Lipinski definition) is 8. The molecule has 0 aliphatic carbocycles. The van der Waals surface area contributed by atoms with Crippen LogP contribution in [0.1, 0.15) is 39.6 Å². The Balaban J connectivity index is 1.54. The summed E-state index contributed by atoms with van der Waals surface area (Å²) in [6, 6.07) is 4.03. The zero-order valence-electron chi connectivity index (χ0n) is 20.2. The van der Waals surface area contributed by atoms with Gasteiger partial charge in [-0.15, -0.1) is 11.3 Å². The van der Waals surface area contributed by atoms with Crippen LogP contribution in [0.5, 0.6) is 5.75 Å². The van der Waals surface area contributed by atoms with E-state index in [-0.39, 0.29) is 30.7 Å². The van der Waals surface area contributed by atoms with E-state index in [1.54, 1.807) is 43.3 Å². The van der Waals surface area contributed by atoms with E-state index in [9.17, 15) is 22.8 Å². The molecule has 1 aliphatic heterocycles. The van der Waals surface area contributed by atoms with Gasteiger partial charge in [0.25, 0.3) is 5.91 Å². The van der Waals surface area contributed by atoms with Gasteiger partial charge < -0.3 is 19.7 Å². The number of aryl methyl sites for hydroxylation is 1. The standard InChI is InChI=1S/C24H24F3N5O4S/c1-13-7-28-22(37-13)16-4-15(5-19(6-16)36-11-18-10-35-12-20(33)32(18)3)21(34)31-14(2)17-8-29-23(30-9-17)24(25,26)27/h4-9,14,18H,10-12H2,1-3H3,(H,31,34)/t14?,18-/m0/s1. The van der Waals surface area contributed by atoms with Crippen molar-refractivity contribution >= 4 is 23.2 Å². The molecule has 1 aromatic carbocycles. The van der Waals surface area contributed by atoms with Crippen LogP contribution < -0.4 is 10.1 Å². The number of carbonyl (C=O) groups is 2. The van der Waals surface area contributed by atoms with E-state index in [2.05, 4.69) is 20.3 Å². The summed E-state index contributed by atoms with van der Waals surface area (Å²) >= 11 is 1.45. The smallest absolute Gasteiger partial charge is 0.451 e. The monoisotopic (exact) mass is 535 g/mol. The Kier molecular flexibility index (Phi) is 7.73. The van der Waals surface area contributed by atoms with Crippen LogP contribution in [0.2, 0.25) is 0 Å². The number of aromatic nitrogens is 3. The normalized spacial score (nSPS) is 17.0. The van der Waals surface area contributed by atoms with Gasteiger partial charge in [0.05, 0.1) is 18.7 Å². The van der Waals surface area contributed by atoms with E-state index in [4.69, 9.17) is 9.47 Å². The molecule has 0 bridgehead atoms. The number of hydrogen-bond donors (Lipinski definition) is 1. The summed E-state index contributed by atoms with van der Waals surface area (Å²) in [5.41, 5.74) is 1.24. The molecule has 2 amide bonds. The van der Waals surface area contributed by atoms with Crippen LogP contribution in [0.4, 0.5) is 13.2 Å². The second-order valence-corrected chi connectivity index (χ2v) is 9.77. The fraction of sp³-hybridized carbons (Fsp3) is 0.375. The van der Waals surface area contributed by atoms with Crippen molar-refractivity contribution in [2.75, 3.05) is 26.9 Å². The molecule has 3 heterocycles. The highest BCUT2D eigenvalue weighted by Gasteiger charge is 2.34. The number of benzene rings is 1. The van der Waals surface area contributed by atoms with E-state index < -0.39 is 23.9 Å². The lowest BCUT2D eigenvalue weighted by Crippen LogP contribution is -2.49. The minimum Gasteiger partial charge on any atom is -0.491 e. The highest BCUT2D eigenvalue weighted by Crippen LogP contribution is 2.30. The van der Waals surface area contributed by atoms with Gasteiger partial charge in [0.1, 0.15) is 24.0 Å². The van der Waals surface area contributed by atoms with E-state index in [1.807, 2.05) is 6.92 Å². The maximum atomic E-state index is 13.1. The fourth-order valence-electron chi connectivity index (χ4n) is 3.55. The van der Waals surface area contributed by atoms with Crippen molar-refractivity contribution in [3.63, 3.8) is 0 Å². The number of morpholine rings is 1. The predicted molar refractivity (Wildman–Crippen MR) is 128 cm³/mol. The van der Waals surface area contributed by atoms with Crippen LogP contribution in [-0.4, -0.2) is 64.6 Å². The van der Waals surface area contributed by atoms with E-state index in [0.29, 0.717) is 28.5 Å². The van der Waals surface area contributed by atoms with Gasteiger partial charge >= 0.3 is 6.18 Å². The van der Waals surface area contributed by atoms with Gasteiger partial charge in [0.15, 0.2) is 0 Å². The summed E-state index contributed by atoms with van der Waals surface area (Å²) in [6.07, 6.45) is -0.857. The lowest BCUT2D eigenvalue weighted by atomic mass is 10.1. The van der Waals surface area contributed by atoms with Gasteiger partial charge in [-0.3, -0.25) is 9.59 Å². The molecule has 2 atom stereocenters. The second-order valence-electron chi connectivity index (χ2n) is 8.54. The van der Waals surface area contributed by atoms with Crippen LogP contribution in [0.15, 0.2) is 36.8 Å². The average Bonchev–Trinajstić information content (AvgIpc) is 3.30. The largest absolute Gasteiger partial charge is 0.491 e. The van der Waals surface area contributed by atoms with Crippen molar-refractivity contribution in [1.29, 1.82) is 0 Å². The first-order valence-corrected chi connectivity index (χ1v) is 12.1. The highest BCUT2D eigenvalue weighted by molar-refractivity contribution is 7.14. The van der Waals surface area contributed by atoms with Gasteiger partial charge in [-0.05, 0) is 32.0 Å². The van der Waals surface area contributed by atoms with E-state index in [1.165, 1.54) is 11.3 Å². The van der Waals surface area contributed by atoms with Crippen LogP contribution in [0, 0.1) is 6.92 Å². The molecule has 37 heavy (non-hydrogen) atoms. The molecule has 196 valence electrons. The van der Waals surface area contributed by atoms with Crippen molar-refractivity contribution in [2.24, 2.45) is 0 Å². The molecule has 9 nitrogen and oxygen atoms in total. The average molecular weight is 536 g/mol. The van der Waals surface area contributed by atoms with E-state index >= 15 is 0 Å². The van der Waals surface area contributed by atoms with Crippen molar-refractivity contribution < 1.29 is 32.2 Å². The van der Waals surface area contributed by atoms with Gasteiger partial charge in [0.2, 0.25) is 11.7 Å². The molecule has 1 saturated heterocycles. The molecule has 4 rings (SSSR count). The Hall–Kier alpha value is -3.58. The lowest BCUT2D eigenvalue weighted by Gasteiger charge is -2.32. The lowest BCUT2D eigenvalue weighted by molar-refractivity contribution is -0.147. The minimum atomic E-state index is -4.65. The molecule has 0 saturated carbocycles. The Labute approximate surface area is 214 Å². The number of nitrogens with zero attached hydrogens (tertiary/aromatic N) is 4. The maximum Gasteiger partial charge on any atom is 0.451 e. The molecular weight excluding hydrogens is 511 g/mol. The SMILES string of the molecule is Cc1cnc(-c2cc(OC[C@@H]3COCC(=O)N3C)cc(C(=O)NC(C)c3cnc(C(F)(F)F)nc3)c2)s1. The van der Waals surface area contributed by atoms with Crippen molar-refractivity contribution in [3.05, 3.63) is 58.6 Å². The Morgan fingerprint density at radius 1 is 1.24 bits per heavy atom. The third kappa shape index (κ3) is 6.41. The summed E-state index contributed by atoms with van der Waals surface area (Å²) in [6.45, 7) is 4.04. The Bertz CT molecular complexity index is 1280. The van der Waals surface area contributed by atoms with Crippen LogP contribution in [0.3, 0.4) is 0 Å². The fourth-order valence-corrected chi connectivity index (χ4v) is 4.30. The molecule has 0 spiro atoms. The highest BCUT2D eigenvalue weighted by atomic mass is 32.1. The molecule has 1 unspecified atom stereocenters. The number of ether oxygens (including phenoxy) is 2. The third-order valence-electron chi connectivity index (χ3n) is 5.73. The van der Waals surface area contributed by atoms with Crippen LogP contribution >= 0.6 is 11.3 Å². The number of thiazole rings is 1. The molecule has 3 aromatic rings. The Morgan fingerprint density at radius 2 is 1.97 bits per heavy atom. The van der Waals surface area contributed by atoms with Gasteiger partial charge in [-0.25, -0.2) is 15.0 Å². The van der Waals surface area contributed by atoms with Crippen LogP contribution in [0.25, 0.3) is 10.6 Å².